The molecule has 2 aromatic heterocycles. The number of anilines is 1. The number of hydrogen-bond donors (Lipinski definition) is 1. The summed E-state index contributed by atoms with van der Waals surface area (Å²) in [5, 5.41) is 10.9. The average Bonchev–Trinajstić information content (AvgIpc) is 3.05. The van der Waals surface area contributed by atoms with E-state index in [1.54, 1.807) is 60.8 Å². The van der Waals surface area contributed by atoms with Crippen molar-refractivity contribution in [1.29, 1.82) is 0 Å². The van der Waals surface area contributed by atoms with Gasteiger partial charge in [0.2, 0.25) is 0 Å². The average molecular weight is 401 g/mol. The lowest BCUT2D eigenvalue weighted by atomic mass is 9.98. The first-order chi connectivity index (χ1) is 14.6. The smallest absolute Gasteiger partial charge is 0.300 e. The molecule has 1 unspecified atom stereocenters. The zero-order valence-corrected chi connectivity index (χ0v) is 16.2. The largest absolute Gasteiger partial charge is 0.507 e. The van der Waals surface area contributed by atoms with Gasteiger partial charge in [0.1, 0.15) is 17.6 Å². The Balaban J connectivity index is 1.91. The molecule has 0 radical (unpaired) electrons. The zero-order chi connectivity index (χ0) is 21.1. The van der Waals surface area contributed by atoms with Crippen molar-refractivity contribution in [3.8, 4) is 5.75 Å². The molecule has 1 aromatic carbocycles. The predicted molar refractivity (Wildman–Crippen MR) is 111 cm³/mol. The summed E-state index contributed by atoms with van der Waals surface area (Å²) in [6.07, 6.45) is 4.59. The molecular formula is C23H19N3O4. The normalized spacial score (nSPS) is 17.9. The van der Waals surface area contributed by atoms with Crippen LogP contribution in [0.4, 0.5) is 5.69 Å². The Kier molecular flexibility index (Phi) is 5.26. The highest BCUT2D eigenvalue weighted by Gasteiger charge is 2.47. The summed E-state index contributed by atoms with van der Waals surface area (Å²) in [6.45, 7) is 2.33. The number of pyridine rings is 2. The number of benzene rings is 1. The topological polar surface area (TPSA) is 92.6 Å². The Hall–Kier alpha value is -4.00. The van der Waals surface area contributed by atoms with E-state index in [1.165, 1.54) is 17.3 Å². The number of aliphatic hydroxyl groups excluding tert-OH is 1. The number of ketones is 1. The molecule has 1 N–H and O–H groups in total. The van der Waals surface area contributed by atoms with Crippen molar-refractivity contribution in [1.82, 2.24) is 9.97 Å². The van der Waals surface area contributed by atoms with E-state index in [4.69, 9.17) is 4.74 Å². The van der Waals surface area contributed by atoms with Crippen molar-refractivity contribution >= 4 is 23.1 Å². The summed E-state index contributed by atoms with van der Waals surface area (Å²) in [7, 11) is 0. The number of Topliss-reactive ketones (excluding diaryl/α,β-unsaturated/α-hetero) is 1. The lowest BCUT2D eigenvalue weighted by molar-refractivity contribution is -0.132. The molecule has 1 amide bonds. The molecular weight excluding hydrogens is 382 g/mol. The quantitative estimate of drug-likeness (QED) is 0.400. The summed E-state index contributed by atoms with van der Waals surface area (Å²) in [5.74, 6) is -1.21. The summed E-state index contributed by atoms with van der Waals surface area (Å²) in [4.78, 5) is 35.7. The maximum absolute atomic E-state index is 13.1. The van der Waals surface area contributed by atoms with Gasteiger partial charge in [0.15, 0.2) is 0 Å². The van der Waals surface area contributed by atoms with Gasteiger partial charge in [-0.15, -0.1) is 0 Å². The minimum atomic E-state index is -0.878. The van der Waals surface area contributed by atoms with E-state index in [9.17, 15) is 14.7 Å². The third-order valence-corrected chi connectivity index (χ3v) is 4.77. The van der Waals surface area contributed by atoms with Gasteiger partial charge in [-0.25, -0.2) is 0 Å². The van der Waals surface area contributed by atoms with Gasteiger partial charge in [0.25, 0.3) is 11.7 Å². The highest BCUT2D eigenvalue weighted by molar-refractivity contribution is 6.51. The van der Waals surface area contributed by atoms with Gasteiger partial charge in [0, 0.05) is 35.9 Å². The molecule has 3 aromatic rings. The van der Waals surface area contributed by atoms with Crippen LogP contribution < -0.4 is 9.64 Å². The number of aromatic nitrogens is 2. The standard InChI is InChI=1S/C23H19N3O4/c1-2-30-17-7-5-6-16(14-17)26-20(18-8-3-4-11-25-18)19(22(28)23(26)29)21(27)15-9-12-24-13-10-15/h3-14,20,27H,2H2,1H3/b21-19+. The summed E-state index contributed by atoms with van der Waals surface area (Å²) < 4.78 is 5.55. The van der Waals surface area contributed by atoms with E-state index in [2.05, 4.69) is 9.97 Å². The van der Waals surface area contributed by atoms with Gasteiger partial charge < -0.3 is 9.84 Å². The van der Waals surface area contributed by atoms with E-state index in [-0.39, 0.29) is 11.3 Å². The van der Waals surface area contributed by atoms with Gasteiger partial charge >= 0.3 is 0 Å². The molecule has 0 saturated carbocycles. The van der Waals surface area contributed by atoms with Gasteiger partial charge in [0.05, 0.1) is 17.9 Å². The highest BCUT2D eigenvalue weighted by Crippen LogP contribution is 2.42. The number of hydrogen-bond acceptors (Lipinski definition) is 6. The number of rotatable bonds is 5. The molecule has 30 heavy (non-hydrogen) atoms. The lowest BCUT2D eigenvalue weighted by Crippen LogP contribution is -2.29. The Bertz CT molecular complexity index is 1110. The van der Waals surface area contributed by atoms with Crippen molar-refractivity contribution in [3.05, 3.63) is 90.0 Å². The summed E-state index contributed by atoms with van der Waals surface area (Å²) in [6, 6.07) is 14.4. The molecule has 3 heterocycles. The van der Waals surface area contributed by atoms with Crippen LogP contribution in [0.5, 0.6) is 5.75 Å². The van der Waals surface area contributed by atoms with Crippen molar-refractivity contribution in [3.63, 3.8) is 0 Å². The first kappa shape index (κ1) is 19.3. The van der Waals surface area contributed by atoms with Crippen LogP contribution in [-0.4, -0.2) is 33.4 Å². The second kappa shape index (κ2) is 8.16. The first-order valence-corrected chi connectivity index (χ1v) is 9.47. The number of carbonyl (C=O) groups excluding carboxylic acids is 2. The van der Waals surface area contributed by atoms with Crippen molar-refractivity contribution in [2.45, 2.75) is 13.0 Å². The third-order valence-electron chi connectivity index (χ3n) is 4.77. The number of amides is 1. The second-order valence-corrected chi connectivity index (χ2v) is 6.59. The molecule has 0 aliphatic carbocycles. The van der Waals surface area contributed by atoms with Crippen LogP contribution in [0.25, 0.3) is 5.76 Å². The molecule has 1 atom stereocenters. The van der Waals surface area contributed by atoms with E-state index in [0.29, 0.717) is 29.3 Å². The zero-order valence-electron chi connectivity index (χ0n) is 16.2. The Morgan fingerprint density at radius 1 is 1.07 bits per heavy atom. The van der Waals surface area contributed by atoms with Crippen LogP contribution in [-0.2, 0) is 9.59 Å². The molecule has 1 aliphatic heterocycles. The highest BCUT2D eigenvalue weighted by atomic mass is 16.5. The Labute approximate surface area is 173 Å². The van der Waals surface area contributed by atoms with Gasteiger partial charge in [-0.1, -0.05) is 12.1 Å². The van der Waals surface area contributed by atoms with Crippen molar-refractivity contribution in [2.75, 3.05) is 11.5 Å². The van der Waals surface area contributed by atoms with E-state index in [0.717, 1.165) is 0 Å². The van der Waals surface area contributed by atoms with Crippen LogP contribution in [0.1, 0.15) is 24.2 Å². The lowest BCUT2D eigenvalue weighted by Gasteiger charge is -2.25. The molecule has 0 bridgehead atoms. The molecule has 1 aliphatic rings. The third kappa shape index (κ3) is 3.41. The molecule has 0 spiro atoms. The molecule has 4 rings (SSSR count). The SMILES string of the molecule is CCOc1cccc(N2C(=O)C(=O)/C(=C(/O)c3ccncc3)C2c2ccccn2)c1. The molecule has 150 valence electrons. The van der Waals surface area contributed by atoms with Gasteiger partial charge in [-0.2, -0.15) is 0 Å². The predicted octanol–water partition coefficient (Wildman–Crippen LogP) is 3.50. The minimum absolute atomic E-state index is 0.0216. The Morgan fingerprint density at radius 3 is 2.57 bits per heavy atom. The first-order valence-electron chi connectivity index (χ1n) is 9.47. The molecule has 7 nitrogen and oxygen atoms in total. The van der Waals surface area contributed by atoms with E-state index < -0.39 is 17.7 Å². The van der Waals surface area contributed by atoms with Crippen molar-refractivity contribution in [2.24, 2.45) is 0 Å². The number of carbonyl (C=O) groups is 2. The van der Waals surface area contributed by atoms with Crippen LogP contribution >= 0.6 is 0 Å². The number of aliphatic hydroxyl groups is 1. The van der Waals surface area contributed by atoms with Crippen LogP contribution in [0.2, 0.25) is 0 Å². The van der Waals surface area contributed by atoms with Gasteiger partial charge in [-0.05, 0) is 43.3 Å². The fourth-order valence-electron chi connectivity index (χ4n) is 3.47. The van der Waals surface area contributed by atoms with E-state index in [1.807, 2.05) is 6.92 Å². The van der Waals surface area contributed by atoms with E-state index >= 15 is 0 Å². The van der Waals surface area contributed by atoms with Crippen LogP contribution in [0, 0.1) is 0 Å². The minimum Gasteiger partial charge on any atom is -0.507 e. The maximum atomic E-state index is 13.1. The molecule has 1 saturated heterocycles. The number of nitrogens with zero attached hydrogens (tertiary/aromatic N) is 3. The van der Waals surface area contributed by atoms with Crippen LogP contribution in [0.15, 0.2) is 78.8 Å². The monoisotopic (exact) mass is 401 g/mol. The van der Waals surface area contributed by atoms with Gasteiger partial charge in [-0.3, -0.25) is 24.5 Å². The summed E-state index contributed by atoms with van der Waals surface area (Å²) >= 11 is 0. The fourth-order valence-corrected chi connectivity index (χ4v) is 3.47. The number of ether oxygens (including phenoxy) is 1. The maximum Gasteiger partial charge on any atom is 0.300 e. The Morgan fingerprint density at radius 2 is 1.87 bits per heavy atom. The van der Waals surface area contributed by atoms with Crippen LogP contribution in [0.3, 0.4) is 0 Å². The molecule has 1 fully saturated rings. The molecule has 7 heteroatoms. The second-order valence-electron chi connectivity index (χ2n) is 6.59. The fraction of sp³-hybridized carbons (Fsp3) is 0.130. The summed E-state index contributed by atoms with van der Waals surface area (Å²) in [5.41, 5.74) is 1.32. The van der Waals surface area contributed by atoms with Crippen molar-refractivity contribution < 1.29 is 19.4 Å².